The van der Waals surface area contributed by atoms with Gasteiger partial charge in [-0.15, -0.1) is 0 Å². The van der Waals surface area contributed by atoms with Gasteiger partial charge in [-0.05, 0) is 54.8 Å². The minimum Gasteiger partial charge on any atom is -0.459 e. The van der Waals surface area contributed by atoms with Gasteiger partial charge < -0.3 is 24.1 Å². The molecule has 178 valence electrons. The molecule has 2 heterocycles. The van der Waals surface area contributed by atoms with Crippen LogP contribution in [0, 0.1) is 40.4 Å². The molecule has 6 nitrogen and oxygen atoms in total. The van der Waals surface area contributed by atoms with Gasteiger partial charge in [0.05, 0.1) is 25.4 Å². The summed E-state index contributed by atoms with van der Waals surface area (Å²) in [6.07, 6.45) is 6.84. The molecular weight excluding hydrogens is 408 g/mol. The van der Waals surface area contributed by atoms with E-state index in [9.17, 15) is 9.90 Å². The topological polar surface area (TPSA) is 77.5 Å². The highest BCUT2D eigenvalue weighted by molar-refractivity contribution is 5.66. The molecule has 0 aromatic rings. The van der Waals surface area contributed by atoms with Crippen molar-refractivity contribution in [3.05, 3.63) is 11.6 Å². The van der Waals surface area contributed by atoms with Crippen molar-refractivity contribution in [3.63, 3.8) is 0 Å². The molecule has 2 saturated heterocycles. The van der Waals surface area contributed by atoms with Crippen molar-refractivity contribution in [2.75, 3.05) is 13.2 Å². The Morgan fingerprint density at radius 1 is 1.19 bits per heavy atom. The molecule has 2 aliphatic heterocycles. The van der Waals surface area contributed by atoms with Crippen LogP contribution >= 0.6 is 0 Å². The average molecular weight is 447 g/mol. The predicted molar refractivity (Wildman–Crippen MR) is 116 cm³/mol. The number of ether oxygens (including phenoxy) is 4. The molecule has 0 spiro atoms. The van der Waals surface area contributed by atoms with Crippen molar-refractivity contribution in [2.45, 2.75) is 90.5 Å². The zero-order valence-corrected chi connectivity index (χ0v) is 19.8. The van der Waals surface area contributed by atoms with E-state index in [2.05, 4.69) is 26.8 Å². The summed E-state index contributed by atoms with van der Waals surface area (Å²) in [6, 6.07) is 0. The van der Waals surface area contributed by atoms with E-state index >= 15 is 0 Å². The monoisotopic (exact) mass is 446 g/mol. The lowest BCUT2D eigenvalue weighted by atomic mass is 9.46. The maximum Gasteiger partial charge on any atom is 0.303 e. The lowest BCUT2D eigenvalue weighted by Crippen LogP contribution is -2.57. The maximum absolute atomic E-state index is 11.6. The Morgan fingerprint density at radius 3 is 2.66 bits per heavy atom. The lowest BCUT2D eigenvalue weighted by Gasteiger charge is -2.58. The van der Waals surface area contributed by atoms with Crippen LogP contribution in [0.25, 0.3) is 0 Å². The van der Waals surface area contributed by atoms with Gasteiger partial charge in [-0.3, -0.25) is 4.79 Å². The van der Waals surface area contributed by atoms with Crippen LogP contribution in [-0.4, -0.2) is 55.0 Å². The quantitative estimate of drug-likeness (QED) is 0.406. The number of aliphatic hydroxyl groups is 1. The molecule has 6 aliphatic rings. The van der Waals surface area contributed by atoms with Crippen molar-refractivity contribution in [1.29, 1.82) is 0 Å². The number of esters is 1. The summed E-state index contributed by atoms with van der Waals surface area (Å²) in [7, 11) is 0. The first-order chi connectivity index (χ1) is 15.2. The SMILES string of the molecule is CC(=O)O[C@@H]1CC2=C[C@@H](O)C3C(CC[C@@]4(C)C3CC[C@@H]4C(C)C3OCCO3)[C@@]2(C)C2OC21. The van der Waals surface area contributed by atoms with Crippen molar-refractivity contribution < 1.29 is 28.8 Å². The molecule has 3 saturated carbocycles. The molecule has 6 heteroatoms. The van der Waals surface area contributed by atoms with Crippen LogP contribution in [0.5, 0.6) is 0 Å². The molecule has 1 N–H and O–H groups in total. The Labute approximate surface area is 191 Å². The predicted octanol–water partition coefficient (Wildman–Crippen LogP) is 3.46. The fourth-order valence-corrected chi connectivity index (χ4v) is 9.11. The summed E-state index contributed by atoms with van der Waals surface area (Å²) >= 11 is 0. The number of rotatable bonds is 3. The van der Waals surface area contributed by atoms with E-state index in [1.54, 1.807) is 0 Å². The zero-order valence-electron chi connectivity index (χ0n) is 19.8. The number of carbonyl (C=O) groups is 1. The molecule has 5 fully saturated rings. The van der Waals surface area contributed by atoms with Crippen molar-refractivity contribution >= 4 is 5.97 Å². The Hall–Kier alpha value is -0.950. The smallest absolute Gasteiger partial charge is 0.303 e. The van der Waals surface area contributed by atoms with Crippen molar-refractivity contribution in [1.82, 2.24) is 0 Å². The molecule has 6 rings (SSSR count). The van der Waals surface area contributed by atoms with E-state index in [1.807, 2.05) is 0 Å². The van der Waals surface area contributed by atoms with E-state index in [4.69, 9.17) is 18.9 Å². The summed E-state index contributed by atoms with van der Waals surface area (Å²) in [5, 5.41) is 11.4. The Balaban J connectivity index is 1.29. The van der Waals surface area contributed by atoms with Gasteiger partial charge in [-0.25, -0.2) is 0 Å². The van der Waals surface area contributed by atoms with Gasteiger partial charge in [0.2, 0.25) is 0 Å². The molecule has 11 atom stereocenters. The highest BCUT2D eigenvalue weighted by atomic mass is 16.7. The minimum absolute atomic E-state index is 0.0123. The van der Waals surface area contributed by atoms with Crippen LogP contribution in [0.1, 0.15) is 59.8 Å². The summed E-state index contributed by atoms with van der Waals surface area (Å²) in [6.45, 7) is 10.00. The first kappa shape index (κ1) is 21.6. The highest BCUT2D eigenvalue weighted by Gasteiger charge is 2.69. The zero-order chi connectivity index (χ0) is 22.4. The van der Waals surface area contributed by atoms with Crippen LogP contribution in [0.2, 0.25) is 0 Å². The van der Waals surface area contributed by atoms with Gasteiger partial charge in [0.15, 0.2) is 6.29 Å². The van der Waals surface area contributed by atoms with Gasteiger partial charge in [0, 0.05) is 24.7 Å². The Bertz CT molecular complexity index is 819. The van der Waals surface area contributed by atoms with Crippen molar-refractivity contribution in [2.24, 2.45) is 40.4 Å². The molecule has 0 aromatic heterocycles. The van der Waals surface area contributed by atoms with Gasteiger partial charge in [-0.2, -0.15) is 0 Å². The molecule has 32 heavy (non-hydrogen) atoms. The molecule has 4 aliphatic carbocycles. The number of fused-ring (bicyclic) bond motifs is 7. The maximum atomic E-state index is 11.6. The van der Waals surface area contributed by atoms with E-state index in [1.165, 1.54) is 31.8 Å². The van der Waals surface area contributed by atoms with Crippen LogP contribution < -0.4 is 0 Å². The van der Waals surface area contributed by atoms with Crippen LogP contribution in [0.15, 0.2) is 11.6 Å². The summed E-state index contributed by atoms with van der Waals surface area (Å²) in [5.74, 6) is 1.87. The van der Waals surface area contributed by atoms with Crippen LogP contribution in [-0.2, 0) is 23.7 Å². The standard InChI is InChI=1S/C26H38O6/c1-13(24-29-9-10-30-24)16-5-6-17-21-18(7-8-25(16,17)3)26(4)15(11-19(21)28)12-20(31-14(2)27)22-23(26)32-22/h11,13,16-24,28H,5-10,12H2,1-4H3/t13?,16-,17?,18?,19-,20-,21?,22?,23?,25-,26+/m1/s1. The number of hydrogen-bond acceptors (Lipinski definition) is 6. The largest absolute Gasteiger partial charge is 0.459 e. The molecule has 6 unspecified atom stereocenters. The third-order valence-electron chi connectivity index (χ3n) is 10.6. The van der Waals surface area contributed by atoms with E-state index in [0.29, 0.717) is 43.3 Å². The minimum atomic E-state index is -0.436. The molecule has 0 radical (unpaired) electrons. The number of carbonyl (C=O) groups excluding carboxylic acids is 1. The molecular formula is C26H38O6. The summed E-state index contributed by atoms with van der Waals surface area (Å²) in [5.41, 5.74) is 1.39. The number of epoxide rings is 1. The Morgan fingerprint density at radius 2 is 1.94 bits per heavy atom. The third kappa shape index (κ3) is 2.88. The molecule has 0 amide bonds. The first-order valence-corrected chi connectivity index (χ1v) is 12.7. The number of aliphatic hydroxyl groups excluding tert-OH is 1. The highest BCUT2D eigenvalue weighted by Crippen LogP contribution is 2.69. The van der Waals surface area contributed by atoms with Crippen LogP contribution in [0.3, 0.4) is 0 Å². The van der Waals surface area contributed by atoms with E-state index in [0.717, 1.165) is 6.42 Å². The summed E-state index contributed by atoms with van der Waals surface area (Å²) < 4.78 is 23.5. The summed E-state index contributed by atoms with van der Waals surface area (Å²) in [4.78, 5) is 11.6. The van der Waals surface area contributed by atoms with Gasteiger partial charge in [-0.1, -0.05) is 32.4 Å². The van der Waals surface area contributed by atoms with Crippen LogP contribution in [0.4, 0.5) is 0 Å². The molecule has 0 aromatic carbocycles. The van der Waals surface area contributed by atoms with Crippen molar-refractivity contribution in [3.8, 4) is 0 Å². The van der Waals surface area contributed by atoms with Gasteiger partial charge in [0.25, 0.3) is 0 Å². The fourth-order valence-electron chi connectivity index (χ4n) is 9.11. The lowest BCUT2D eigenvalue weighted by molar-refractivity contribution is -0.148. The average Bonchev–Trinajstić information content (AvgIpc) is 3.22. The second-order valence-corrected chi connectivity index (χ2v) is 11.8. The third-order valence-corrected chi connectivity index (χ3v) is 10.6. The van der Waals surface area contributed by atoms with E-state index in [-0.39, 0.29) is 47.3 Å². The normalized spacial score (nSPS) is 52.8. The number of hydrogen-bond donors (Lipinski definition) is 1. The van der Waals surface area contributed by atoms with Gasteiger partial charge >= 0.3 is 5.97 Å². The second-order valence-electron chi connectivity index (χ2n) is 11.8. The molecule has 0 bridgehead atoms. The first-order valence-electron chi connectivity index (χ1n) is 12.7. The fraction of sp³-hybridized carbons (Fsp3) is 0.885. The Kier molecular flexibility index (Phi) is 4.90. The van der Waals surface area contributed by atoms with E-state index < -0.39 is 6.10 Å². The van der Waals surface area contributed by atoms with Gasteiger partial charge in [0.1, 0.15) is 12.2 Å². The second kappa shape index (κ2) is 7.27.